The Bertz CT molecular complexity index is 411. The third-order valence-electron chi connectivity index (χ3n) is 4.68. The molecule has 1 saturated carbocycles. The van der Waals surface area contributed by atoms with Crippen LogP contribution in [0.2, 0.25) is 0 Å². The summed E-state index contributed by atoms with van der Waals surface area (Å²) in [5, 5.41) is 0. The van der Waals surface area contributed by atoms with Gasteiger partial charge in [0.05, 0.1) is 0 Å². The Morgan fingerprint density at radius 3 is 2.58 bits per heavy atom. The highest BCUT2D eigenvalue weighted by Crippen LogP contribution is 2.39. The predicted octanol–water partition coefficient (Wildman–Crippen LogP) is 4.48. The van der Waals surface area contributed by atoms with E-state index in [2.05, 4.69) is 53.4 Å². The molecule has 106 valence electrons. The van der Waals surface area contributed by atoms with E-state index in [4.69, 9.17) is 5.84 Å². The summed E-state index contributed by atoms with van der Waals surface area (Å²) in [5.41, 5.74) is 5.64. The van der Waals surface area contributed by atoms with E-state index in [0.29, 0.717) is 5.92 Å². The molecule has 1 fully saturated rings. The smallest absolute Gasteiger partial charge is 0.0499 e. The molecule has 1 aliphatic rings. The number of rotatable bonds is 4. The first-order valence-electron chi connectivity index (χ1n) is 7.38. The molecule has 0 bridgehead atoms. The molecule has 0 saturated heterocycles. The molecule has 0 aromatic heterocycles. The van der Waals surface area contributed by atoms with E-state index >= 15 is 0 Å². The Kier molecular flexibility index (Phi) is 5.43. The van der Waals surface area contributed by atoms with Crippen molar-refractivity contribution < 1.29 is 0 Å². The van der Waals surface area contributed by atoms with Gasteiger partial charge in [-0.3, -0.25) is 11.3 Å². The van der Waals surface area contributed by atoms with Crippen molar-refractivity contribution in [2.24, 2.45) is 17.7 Å². The average Bonchev–Trinajstić information content (AvgIpc) is 2.45. The maximum Gasteiger partial charge on any atom is 0.0499 e. The van der Waals surface area contributed by atoms with Crippen LogP contribution in [0.5, 0.6) is 0 Å². The Morgan fingerprint density at radius 2 is 2.00 bits per heavy atom. The minimum atomic E-state index is 0.270. The molecule has 2 rings (SSSR count). The fourth-order valence-corrected chi connectivity index (χ4v) is 3.83. The zero-order valence-electron chi connectivity index (χ0n) is 12.0. The van der Waals surface area contributed by atoms with E-state index in [9.17, 15) is 0 Å². The second kappa shape index (κ2) is 6.87. The molecule has 19 heavy (non-hydrogen) atoms. The summed E-state index contributed by atoms with van der Waals surface area (Å²) in [6.07, 6.45) is 6.59. The van der Waals surface area contributed by atoms with Gasteiger partial charge in [-0.25, -0.2) is 0 Å². The Hall–Kier alpha value is -0.380. The molecular formula is C16H25BrN2. The second-order valence-electron chi connectivity index (χ2n) is 5.81. The quantitative estimate of drug-likeness (QED) is 0.633. The van der Waals surface area contributed by atoms with Crippen LogP contribution in [0.15, 0.2) is 22.7 Å². The zero-order chi connectivity index (χ0) is 13.8. The third-order valence-corrected chi connectivity index (χ3v) is 5.76. The van der Waals surface area contributed by atoms with Crippen molar-refractivity contribution in [1.29, 1.82) is 0 Å². The topological polar surface area (TPSA) is 38.0 Å². The zero-order valence-corrected chi connectivity index (χ0v) is 13.5. The molecule has 3 heteroatoms. The Morgan fingerprint density at radius 1 is 1.32 bits per heavy atom. The number of hydrogen-bond donors (Lipinski definition) is 2. The molecule has 0 heterocycles. The number of nitrogens with one attached hydrogen (secondary N) is 1. The number of benzene rings is 1. The van der Waals surface area contributed by atoms with Gasteiger partial charge in [0.2, 0.25) is 0 Å². The van der Waals surface area contributed by atoms with Crippen molar-refractivity contribution in [2.75, 3.05) is 0 Å². The van der Waals surface area contributed by atoms with E-state index in [1.165, 1.54) is 47.7 Å². The largest absolute Gasteiger partial charge is 0.271 e. The molecule has 1 aromatic carbocycles. The third kappa shape index (κ3) is 3.39. The van der Waals surface area contributed by atoms with Gasteiger partial charge in [-0.2, -0.15) is 0 Å². The fourth-order valence-electron chi connectivity index (χ4n) is 3.32. The minimum Gasteiger partial charge on any atom is -0.271 e. The van der Waals surface area contributed by atoms with Crippen LogP contribution in [0, 0.1) is 18.8 Å². The molecular weight excluding hydrogens is 300 g/mol. The van der Waals surface area contributed by atoms with Crippen molar-refractivity contribution in [3.05, 3.63) is 33.8 Å². The lowest BCUT2D eigenvalue weighted by Crippen LogP contribution is -2.35. The van der Waals surface area contributed by atoms with E-state index < -0.39 is 0 Å². The molecule has 1 atom stereocenters. The predicted molar refractivity (Wildman–Crippen MR) is 84.7 cm³/mol. The summed E-state index contributed by atoms with van der Waals surface area (Å²) in [5.74, 6) is 7.44. The highest BCUT2D eigenvalue weighted by Gasteiger charge is 2.28. The van der Waals surface area contributed by atoms with E-state index in [-0.39, 0.29) is 6.04 Å². The van der Waals surface area contributed by atoms with Crippen LogP contribution in [-0.2, 0) is 0 Å². The monoisotopic (exact) mass is 324 g/mol. The SMILES string of the molecule is CCC1CCC(C(NN)c2cccc(C)c2Br)CC1. The van der Waals surface area contributed by atoms with Crippen LogP contribution >= 0.6 is 15.9 Å². The van der Waals surface area contributed by atoms with Crippen molar-refractivity contribution in [3.8, 4) is 0 Å². The highest BCUT2D eigenvalue weighted by molar-refractivity contribution is 9.10. The first-order valence-corrected chi connectivity index (χ1v) is 8.17. The number of hydrazine groups is 1. The van der Waals surface area contributed by atoms with E-state index in [1.54, 1.807) is 0 Å². The van der Waals surface area contributed by atoms with Gasteiger partial charge in [-0.1, -0.05) is 60.3 Å². The molecule has 1 aliphatic carbocycles. The number of halogens is 1. The van der Waals surface area contributed by atoms with Gasteiger partial charge in [0.15, 0.2) is 0 Å². The van der Waals surface area contributed by atoms with Gasteiger partial charge in [0.25, 0.3) is 0 Å². The molecule has 0 amide bonds. The van der Waals surface area contributed by atoms with E-state index in [0.717, 1.165) is 5.92 Å². The standard InChI is InChI=1S/C16H25BrN2/c1-3-12-7-9-13(10-8-12)16(19-18)14-6-4-5-11(2)15(14)17/h4-6,12-13,16,19H,3,7-10,18H2,1-2H3. The van der Waals surface area contributed by atoms with Gasteiger partial charge in [-0.15, -0.1) is 0 Å². The lowest BCUT2D eigenvalue weighted by molar-refractivity contribution is 0.219. The van der Waals surface area contributed by atoms with Crippen LogP contribution in [0.25, 0.3) is 0 Å². The van der Waals surface area contributed by atoms with Crippen LogP contribution in [0.4, 0.5) is 0 Å². The summed E-state index contributed by atoms with van der Waals surface area (Å²) < 4.78 is 1.20. The average molecular weight is 325 g/mol. The maximum absolute atomic E-state index is 5.85. The molecule has 1 aromatic rings. The molecule has 3 N–H and O–H groups in total. The lowest BCUT2D eigenvalue weighted by Gasteiger charge is -2.34. The van der Waals surface area contributed by atoms with Gasteiger partial charge in [0.1, 0.15) is 0 Å². The van der Waals surface area contributed by atoms with Crippen LogP contribution in [0.1, 0.15) is 56.2 Å². The summed E-state index contributed by atoms with van der Waals surface area (Å²) >= 11 is 3.72. The molecule has 2 nitrogen and oxygen atoms in total. The summed E-state index contributed by atoms with van der Waals surface area (Å²) in [7, 11) is 0. The van der Waals surface area contributed by atoms with Crippen LogP contribution < -0.4 is 11.3 Å². The number of aryl methyl sites for hydroxylation is 1. The van der Waals surface area contributed by atoms with E-state index in [1.807, 2.05) is 0 Å². The van der Waals surface area contributed by atoms with Gasteiger partial charge in [-0.05, 0) is 42.7 Å². The highest BCUT2D eigenvalue weighted by atomic mass is 79.9. The van der Waals surface area contributed by atoms with Crippen LogP contribution in [-0.4, -0.2) is 0 Å². The van der Waals surface area contributed by atoms with Gasteiger partial charge < -0.3 is 0 Å². The Balaban J connectivity index is 2.14. The van der Waals surface area contributed by atoms with Gasteiger partial charge in [0, 0.05) is 10.5 Å². The van der Waals surface area contributed by atoms with Crippen LogP contribution in [0.3, 0.4) is 0 Å². The molecule has 0 radical (unpaired) electrons. The number of hydrogen-bond acceptors (Lipinski definition) is 2. The summed E-state index contributed by atoms with van der Waals surface area (Å²) in [6, 6.07) is 6.71. The van der Waals surface area contributed by atoms with Crippen molar-refractivity contribution in [2.45, 2.75) is 52.0 Å². The number of nitrogens with two attached hydrogens (primary N) is 1. The maximum atomic E-state index is 5.85. The normalized spacial score (nSPS) is 25.3. The lowest BCUT2D eigenvalue weighted by atomic mass is 9.76. The molecule has 0 aliphatic heterocycles. The minimum absolute atomic E-state index is 0.270. The Labute approximate surface area is 125 Å². The van der Waals surface area contributed by atoms with Crippen molar-refractivity contribution in [3.63, 3.8) is 0 Å². The molecule has 1 unspecified atom stereocenters. The first-order chi connectivity index (χ1) is 9.17. The summed E-state index contributed by atoms with van der Waals surface area (Å²) in [4.78, 5) is 0. The van der Waals surface area contributed by atoms with Crippen molar-refractivity contribution >= 4 is 15.9 Å². The second-order valence-corrected chi connectivity index (χ2v) is 6.60. The van der Waals surface area contributed by atoms with Crippen molar-refractivity contribution in [1.82, 2.24) is 5.43 Å². The fraction of sp³-hybridized carbons (Fsp3) is 0.625. The summed E-state index contributed by atoms with van der Waals surface area (Å²) in [6.45, 7) is 4.44. The first kappa shape index (κ1) is 15.0. The van der Waals surface area contributed by atoms with Gasteiger partial charge >= 0.3 is 0 Å². The molecule has 0 spiro atoms.